The number of rotatable bonds is 1. The van der Waals surface area contributed by atoms with Crippen molar-refractivity contribution in [2.75, 3.05) is 29.9 Å². The molecular weight excluding hydrogens is 184 g/mol. The van der Waals surface area contributed by atoms with Gasteiger partial charge in [-0.25, -0.2) is 0 Å². The second-order valence-electron chi connectivity index (χ2n) is 3.36. The summed E-state index contributed by atoms with van der Waals surface area (Å²) in [4.78, 5) is 24.0. The maximum Gasteiger partial charge on any atom is 0.253 e. The molecule has 0 amide bonds. The third-order valence-electron chi connectivity index (χ3n) is 2.42. The van der Waals surface area contributed by atoms with Gasteiger partial charge in [0, 0.05) is 19.6 Å². The molecule has 14 heavy (non-hydrogen) atoms. The molecule has 1 heterocycles. The molecule has 0 saturated heterocycles. The maximum absolute atomic E-state index is 11.2. The fourth-order valence-corrected chi connectivity index (χ4v) is 1.68. The number of nitrogens with one attached hydrogen (secondary N) is 1. The van der Waals surface area contributed by atoms with Crippen molar-refractivity contribution in [3.8, 4) is 0 Å². The summed E-state index contributed by atoms with van der Waals surface area (Å²) in [5, 5.41) is 12.2. The summed E-state index contributed by atoms with van der Waals surface area (Å²) in [6, 6.07) is 0. The van der Waals surface area contributed by atoms with E-state index in [2.05, 4.69) is 12.2 Å². The van der Waals surface area contributed by atoms with Crippen LogP contribution in [0.25, 0.3) is 0 Å². The molecule has 75 valence electrons. The van der Waals surface area contributed by atoms with Crippen molar-refractivity contribution in [1.82, 2.24) is 0 Å². The van der Waals surface area contributed by atoms with E-state index in [-0.39, 0.29) is 0 Å². The van der Waals surface area contributed by atoms with Crippen LogP contribution in [0.5, 0.6) is 0 Å². The molecule has 0 fully saturated rings. The lowest BCUT2D eigenvalue weighted by atomic mass is 10.2. The zero-order valence-corrected chi connectivity index (χ0v) is 7.62. The van der Waals surface area contributed by atoms with Gasteiger partial charge < -0.3 is 15.3 Å². The van der Waals surface area contributed by atoms with E-state index in [1.165, 1.54) is 0 Å². The van der Waals surface area contributed by atoms with Crippen molar-refractivity contribution in [2.24, 2.45) is 0 Å². The van der Waals surface area contributed by atoms with Crippen LogP contribution < -0.4 is 21.1 Å². The van der Waals surface area contributed by atoms with Crippen LogP contribution in [0.1, 0.15) is 0 Å². The minimum absolute atomic E-state index is 0.300. The van der Waals surface area contributed by atoms with Crippen molar-refractivity contribution < 1.29 is 5.11 Å². The van der Waals surface area contributed by atoms with Gasteiger partial charge in [0.1, 0.15) is 11.4 Å². The molecule has 1 aliphatic heterocycles. The Kier molecular flexibility index (Phi) is 2.03. The minimum atomic E-state index is -0.581. The van der Waals surface area contributed by atoms with Crippen molar-refractivity contribution >= 4 is 11.4 Å². The fraction of sp³-hybridized carbons (Fsp3) is 0.444. The molecule has 0 aliphatic carbocycles. The SMILES string of the molecule is [CH2]CN1CC(O)CNc2c1c(=O)c2=O. The number of anilines is 2. The molecule has 0 bridgehead atoms. The van der Waals surface area contributed by atoms with E-state index in [0.29, 0.717) is 31.0 Å². The van der Waals surface area contributed by atoms with Crippen LogP contribution >= 0.6 is 0 Å². The van der Waals surface area contributed by atoms with Gasteiger partial charge in [0.15, 0.2) is 0 Å². The third kappa shape index (κ3) is 1.13. The molecule has 0 spiro atoms. The molecule has 2 rings (SSSR count). The van der Waals surface area contributed by atoms with E-state index in [0.717, 1.165) is 0 Å². The highest BCUT2D eigenvalue weighted by atomic mass is 16.3. The topological polar surface area (TPSA) is 69.6 Å². The molecule has 1 unspecified atom stereocenters. The van der Waals surface area contributed by atoms with Gasteiger partial charge in [-0.3, -0.25) is 9.59 Å². The summed E-state index contributed by atoms with van der Waals surface area (Å²) in [6.07, 6.45) is -0.581. The first-order chi connectivity index (χ1) is 6.65. The fourth-order valence-electron chi connectivity index (χ4n) is 1.68. The summed E-state index contributed by atoms with van der Waals surface area (Å²) in [5.74, 6) is 0. The Hall–Kier alpha value is -1.36. The molecular formula is C9H11N2O3. The molecule has 5 heteroatoms. The summed E-state index contributed by atoms with van der Waals surface area (Å²) in [6.45, 7) is 4.67. The number of hydrogen-bond donors (Lipinski definition) is 2. The molecule has 0 saturated carbocycles. The lowest BCUT2D eigenvalue weighted by molar-refractivity contribution is 0.195. The Morgan fingerprint density at radius 3 is 2.86 bits per heavy atom. The summed E-state index contributed by atoms with van der Waals surface area (Å²) in [5.41, 5.74) is -0.269. The number of aliphatic hydroxyl groups is 1. The molecule has 1 aliphatic rings. The highest BCUT2D eigenvalue weighted by Gasteiger charge is 2.29. The maximum atomic E-state index is 11.2. The van der Waals surface area contributed by atoms with Crippen molar-refractivity contribution in [2.45, 2.75) is 6.10 Å². The first-order valence-electron chi connectivity index (χ1n) is 4.44. The van der Waals surface area contributed by atoms with Crippen molar-refractivity contribution in [3.63, 3.8) is 0 Å². The van der Waals surface area contributed by atoms with Gasteiger partial charge in [-0.1, -0.05) is 0 Å². The number of β-amino-alcohol motifs (C(OH)–C–C–N with tert-alkyl or cyclic N) is 1. The molecule has 1 radical (unpaired) electrons. The van der Waals surface area contributed by atoms with E-state index >= 15 is 0 Å². The first-order valence-corrected chi connectivity index (χ1v) is 4.44. The van der Waals surface area contributed by atoms with Crippen molar-refractivity contribution in [1.29, 1.82) is 0 Å². The van der Waals surface area contributed by atoms with Gasteiger partial charge in [-0.15, -0.1) is 0 Å². The molecule has 0 aromatic heterocycles. The average molecular weight is 195 g/mol. The molecule has 5 nitrogen and oxygen atoms in total. The molecule has 1 atom stereocenters. The van der Waals surface area contributed by atoms with E-state index in [1.807, 2.05) is 0 Å². The van der Waals surface area contributed by atoms with Crippen LogP contribution in [0.3, 0.4) is 0 Å². The van der Waals surface area contributed by atoms with E-state index in [9.17, 15) is 14.7 Å². The standard InChI is InChI=1S/C9H11N2O3/c1-2-11-4-5(12)3-10-6-7(11)9(14)8(6)13/h5,10,12H,1-4H2. The Balaban J connectivity index is 2.41. The van der Waals surface area contributed by atoms with Crippen LogP contribution in [0.4, 0.5) is 11.4 Å². The zero-order valence-electron chi connectivity index (χ0n) is 7.62. The second-order valence-corrected chi connectivity index (χ2v) is 3.36. The van der Waals surface area contributed by atoms with E-state index < -0.39 is 17.0 Å². The van der Waals surface area contributed by atoms with Gasteiger partial charge in [-0.2, -0.15) is 0 Å². The van der Waals surface area contributed by atoms with Gasteiger partial charge in [-0.05, 0) is 6.92 Å². The second kappa shape index (κ2) is 3.09. The van der Waals surface area contributed by atoms with Gasteiger partial charge in [0.05, 0.1) is 6.10 Å². The number of fused-ring (bicyclic) bond motifs is 1. The molecule has 1 aromatic rings. The van der Waals surface area contributed by atoms with Crippen LogP contribution in [-0.4, -0.2) is 30.8 Å². The Morgan fingerprint density at radius 1 is 1.50 bits per heavy atom. The highest BCUT2D eigenvalue weighted by molar-refractivity contribution is 5.76. The van der Waals surface area contributed by atoms with Crippen LogP contribution in [-0.2, 0) is 0 Å². The minimum Gasteiger partial charge on any atom is -0.389 e. The average Bonchev–Trinajstić information content (AvgIpc) is 2.34. The lowest BCUT2D eigenvalue weighted by Gasteiger charge is -2.23. The van der Waals surface area contributed by atoms with Crippen LogP contribution in [0.15, 0.2) is 9.59 Å². The molecule has 2 N–H and O–H groups in total. The highest BCUT2D eigenvalue weighted by Crippen LogP contribution is 2.22. The van der Waals surface area contributed by atoms with E-state index in [1.54, 1.807) is 4.90 Å². The Labute approximate surface area is 80.7 Å². The van der Waals surface area contributed by atoms with Gasteiger partial charge in [0.25, 0.3) is 10.9 Å². The number of aliphatic hydroxyl groups excluding tert-OH is 1. The monoisotopic (exact) mass is 195 g/mol. The van der Waals surface area contributed by atoms with Gasteiger partial charge in [0.2, 0.25) is 0 Å². The number of nitrogens with zero attached hydrogens (tertiary/aromatic N) is 1. The quantitative estimate of drug-likeness (QED) is 0.546. The van der Waals surface area contributed by atoms with Crippen molar-refractivity contribution in [3.05, 3.63) is 27.4 Å². The smallest absolute Gasteiger partial charge is 0.253 e. The zero-order chi connectivity index (χ0) is 10.3. The van der Waals surface area contributed by atoms with Crippen LogP contribution in [0, 0.1) is 6.92 Å². The summed E-state index contributed by atoms with van der Waals surface area (Å²) in [7, 11) is 0. The predicted molar refractivity (Wildman–Crippen MR) is 53.4 cm³/mol. The Bertz CT molecular complexity index is 420. The number of hydrogen-bond acceptors (Lipinski definition) is 5. The Morgan fingerprint density at radius 2 is 2.21 bits per heavy atom. The predicted octanol–water partition coefficient (Wildman–Crippen LogP) is -1.29. The normalized spacial score (nSPS) is 21.6. The third-order valence-corrected chi connectivity index (χ3v) is 2.42. The summed E-state index contributed by atoms with van der Waals surface area (Å²) < 4.78 is 0. The summed E-state index contributed by atoms with van der Waals surface area (Å²) >= 11 is 0. The molecule has 1 aromatic carbocycles. The van der Waals surface area contributed by atoms with Gasteiger partial charge >= 0.3 is 0 Å². The van der Waals surface area contributed by atoms with E-state index in [4.69, 9.17) is 0 Å². The largest absolute Gasteiger partial charge is 0.389 e. The first kappa shape index (κ1) is 9.21. The lowest BCUT2D eigenvalue weighted by Crippen LogP contribution is -2.42. The van der Waals surface area contributed by atoms with Crippen LogP contribution in [0.2, 0.25) is 0 Å².